The average Bonchev–Trinajstić information content (AvgIpc) is 2.71. The van der Waals surface area contributed by atoms with Crippen molar-refractivity contribution in [1.29, 1.82) is 0 Å². The Kier molecular flexibility index (Phi) is 4.25. The van der Waals surface area contributed by atoms with Crippen LogP contribution in [0.15, 0.2) is 24.3 Å². The zero-order chi connectivity index (χ0) is 14.0. The fourth-order valence-electron chi connectivity index (χ4n) is 2.67. The molecule has 1 aliphatic heterocycles. The number of hydrogen-bond acceptors (Lipinski definition) is 2. The first-order valence-corrected chi connectivity index (χ1v) is 7.07. The van der Waals surface area contributed by atoms with Gasteiger partial charge >= 0.3 is 0 Å². The molecule has 1 heterocycles. The van der Waals surface area contributed by atoms with Crippen LogP contribution in [-0.2, 0) is 4.79 Å². The molecular weight excluding hydrogens is 236 g/mol. The van der Waals surface area contributed by atoms with E-state index in [2.05, 4.69) is 32.9 Å². The van der Waals surface area contributed by atoms with E-state index in [1.54, 1.807) is 0 Å². The molecule has 1 aromatic rings. The number of aryl methyl sites for hydroxylation is 1. The van der Waals surface area contributed by atoms with E-state index in [1.807, 2.05) is 17.0 Å². The van der Waals surface area contributed by atoms with Gasteiger partial charge in [-0.25, -0.2) is 0 Å². The summed E-state index contributed by atoms with van der Waals surface area (Å²) in [4.78, 5) is 13.9. The zero-order valence-corrected chi connectivity index (χ0v) is 12.1. The molecule has 2 unspecified atom stereocenters. The summed E-state index contributed by atoms with van der Waals surface area (Å²) in [6.07, 6.45) is 0.679. The number of nitrogens with two attached hydrogens (primary N) is 1. The van der Waals surface area contributed by atoms with Gasteiger partial charge in [0, 0.05) is 25.6 Å². The molecule has 104 valence electrons. The lowest BCUT2D eigenvalue weighted by atomic mass is 9.95. The number of carbonyl (C=O) groups is 1. The zero-order valence-electron chi connectivity index (χ0n) is 12.1. The largest absolute Gasteiger partial charge is 0.340 e. The Morgan fingerprint density at radius 2 is 2.16 bits per heavy atom. The molecule has 1 fully saturated rings. The van der Waals surface area contributed by atoms with Crippen molar-refractivity contribution in [2.45, 2.75) is 33.2 Å². The molecule has 0 aromatic heterocycles. The maximum absolute atomic E-state index is 12.0. The number of rotatable bonds is 4. The van der Waals surface area contributed by atoms with E-state index in [4.69, 9.17) is 5.73 Å². The summed E-state index contributed by atoms with van der Waals surface area (Å²) in [5.74, 6) is 1.29. The van der Waals surface area contributed by atoms with Gasteiger partial charge in [0.05, 0.1) is 0 Å². The van der Waals surface area contributed by atoms with Crippen molar-refractivity contribution < 1.29 is 4.79 Å². The molecule has 0 saturated carbocycles. The van der Waals surface area contributed by atoms with Gasteiger partial charge < -0.3 is 10.6 Å². The Labute approximate surface area is 115 Å². The van der Waals surface area contributed by atoms with Gasteiger partial charge in [0.15, 0.2) is 0 Å². The summed E-state index contributed by atoms with van der Waals surface area (Å²) < 4.78 is 0. The molecule has 3 nitrogen and oxygen atoms in total. The minimum Gasteiger partial charge on any atom is -0.340 e. The molecule has 1 aromatic carbocycles. The minimum absolute atomic E-state index is 0.0882. The van der Waals surface area contributed by atoms with Crippen LogP contribution in [0.1, 0.15) is 37.4 Å². The van der Waals surface area contributed by atoms with Crippen LogP contribution >= 0.6 is 0 Å². The van der Waals surface area contributed by atoms with Crippen molar-refractivity contribution >= 4 is 5.91 Å². The maximum atomic E-state index is 12.0. The number of benzene rings is 1. The van der Waals surface area contributed by atoms with E-state index >= 15 is 0 Å². The van der Waals surface area contributed by atoms with Gasteiger partial charge in [-0.05, 0) is 24.3 Å². The van der Waals surface area contributed by atoms with Gasteiger partial charge in [-0.1, -0.05) is 43.7 Å². The summed E-state index contributed by atoms with van der Waals surface area (Å²) in [5, 5.41) is 0. The summed E-state index contributed by atoms with van der Waals surface area (Å²) in [5.41, 5.74) is 8.55. The summed E-state index contributed by atoms with van der Waals surface area (Å²) >= 11 is 0. The minimum atomic E-state index is -0.0882. The van der Waals surface area contributed by atoms with Crippen LogP contribution in [0.3, 0.4) is 0 Å². The smallest absolute Gasteiger partial charge is 0.222 e. The fourth-order valence-corrected chi connectivity index (χ4v) is 2.67. The van der Waals surface area contributed by atoms with Crippen LogP contribution in [0.2, 0.25) is 0 Å². The molecular formula is C16H24N2O. The number of hydrogen-bond donors (Lipinski definition) is 1. The highest BCUT2D eigenvalue weighted by Crippen LogP contribution is 2.26. The predicted molar refractivity (Wildman–Crippen MR) is 77.6 cm³/mol. The molecule has 0 radical (unpaired) electrons. The molecule has 2 rings (SSSR count). The maximum Gasteiger partial charge on any atom is 0.222 e. The monoisotopic (exact) mass is 260 g/mol. The Balaban J connectivity index is 2.00. The molecule has 0 spiro atoms. The molecule has 2 N–H and O–H groups in total. The van der Waals surface area contributed by atoms with Crippen LogP contribution in [0, 0.1) is 18.8 Å². The SMILES string of the molecule is Cc1cccc(C(N)CN2CC(C(C)C)CC2=O)c1. The van der Waals surface area contributed by atoms with Crippen LogP contribution in [-0.4, -0.2) is 23.9 Å². The van der Waals surface area contributed by atoms with E-state index in [1.165, 1.54) is 5.56 Å². The Morgan fingerprint density at radius 1 is 1.42 bits per heavy atom. The molecule has 3 heteroatoms. The van der Waals surface area contributed by atoms with Crippen LogP contribution in [0.4, 0.5) is 0 Å². The second kappa shape index (κ2) is 5.74. The second-order valence-corrected chi connectivity index (χ2v) is 6.03. The summed E-state index contributed by atoms with van der Waals surface area (Å²) in [6.45, 7) is 7.91. The third-order valence-electron chi connectivity index (χ3n) is 4.07. The van der Waals surface area contributed by atoms with E-state index < -0.39 is 0 Å². The fraction of sp³-hybridized carbons (Fsp3) is 0.562. The lowest BCUT2D eigenvalue weighted by molar-refractivity contribution is -0.128. The molecule has 0 bridgehead atoms. The van der Waals surface area contributed by atoms with Gasteiger partial charge in [-0.2, -0.15) is 0 Å². The van der Waals surface area contributed by atoms with Crippen molar-refractivity contribution in [3.05, 3.63) is 35.4 Å². The second-order valence-electron chi connectivity index (χ2n) is 6.03. The first kappa shape index (κ1) is 14.1. The summed E-state index contributed by atoms with van der Waals surface area (Å²) in [7, 11) is 0. The number of likely N-dealkylation sites (tertiary alicyclic amines) is 1. The normalized spacial score (nSPS) is 21.2. The number of amides is 1. The highest BCUT2D eigenvalue weighted by Gasteiger charge is 2.32. The lowest BCUT2D eigenvalue weighted by Crippen LogP contribution is -2.33. The molecule has 1 aliphatic rings. The van der Waals surface area contributed by atoms with Crippen molar-refractivity contribution in [2.24, 2.45) is 17.6 Å². The van der Waals surface area contributed by atoms with E-state index in [0.29, 0.717) is 24.8 Å². The Morgan fingerprint density at radius 3 is 2.74 bits per heavy atom. The third kappa shape index (κ3) is 3.35. The topological polar surface area (TPSA) is 46.3 Å². The predicted octanol–water partition coefficient (Wildman–Crippen LogP) is 2.50. The molecule has 19 heavy (non-hydrogen) atoms. The quantitative estimate of drug-likeness (QED) is 0.904. The van der Waals surface area contributed by atoms with Crippen LogP contribution in [0.5, 0.6) is 0 Å². The van der Waals surface area contributed by atoms with Gasteiger partial charge in [0.25, 0.3) is 0 Å². The third-order valence-corrected chi connectivity index (χ3v) is 4.07. The van der Waals surface area contributed by atoms with Gasteiger partial charge in [-0.15, -0.1) is 0 Å². The molecule has 1 amide bonds. The van der Waals surface area contributed by atoms with Crippen molar-refractivity contribution in [2.75, 3.05) is 13.1 Å². The van der Waals surface area contributed by atoms with Crippen molar-refractivity contribution in [3.63, 3.8) is 0 Å². The number of carbonyl (C=O) groups excluding carboxylic acids is 1. The van der Waals surface area contributed by atoms with Gasteiger partial charge in [0.1, 0.15) is 0 Å². The van der Waals surface area contributed by atoms with E-state index in [-0.39, 0.29) is 11.9 Å². The number of nitrogens with zero attached hydrogens (tertiary/aromatic N) is 1. The first-order chi connectivity index (χ1) is 8.97. The molecule has 0 aliphatic carbocycles. The average molecular weight is 260 g/mol. The summed E-state index contributed by atoms with van der Waals surface area (Å²) in [6, 6.07) is 8.14. The molecule has 1 saturated heterocycles. The van der Waals surface area contributed by atoms with Gasteiger partial charge in [-0.3, -0.25) is 4.79 Å². The highest BCUT2D eigenvalue weighted by atomic mass is 16.2. The van der Waals surface area contributed by atoms with Gasteiger partial charge in [0.2, 0.25) is 5.91 Å². The van der Waals surface area contributed by atoms with Crippen LogP contribution in [0.25, 0.3) is 0 Å². The Hall–Kier alpha value is -1.35. The Bertz CT molecular complexity index is 456. The van der Waals surface area contributed by atoms with Crippen molar-refractivity contribution in [3.8, 4) is 0 Å². The lowest BCUT2D eigenvalue weighted by Gasteiger charge is -2.22. The van der Waals surface area contributed by atoms with E-state index in [9.17, 15) is 4.79 Å². The van der Waals surface area contributed by atoms with Crippen molar-refractivity contribution in [1.82, 2.24) is 4.90 Å². The highest BCUT2D eigenvalue weighted by molar-refractivity contribution is 5.78. The van der Waals surface area contributed by atoms with E-state index in [0.717, 1.165) is 12.1 Å². The first-order valence-electron chi connectivity index (χ1n) is 7.07. The molecule has 2 atom stereocenters. The standard InChI is InChI=1S/C16H24N2O/c1-11(2)14-8-16(19)18(9-14)10-15(17)13-6-4-5-12(3)7-13/h4-7,11,14-15H,8-10,17H2,1-3H3. The van der Waals surface area contributed by atoms with Crippen LogP contribution < -0.4 is 5.73 Å².